The predicted molar refractivity (Wildman–Crippen MR) is 96.9 cm³/mol. The molecule has 3 amide bonds. The zero-order chi connectivity index (χ0) is 19.7. The van der Waals surface area contributed by atoms with E-state index in [2.05, 4.69) is 5.32 Å². The maximum Gasteiger partial charge on any atom is 0.407 e. The van der Waals surface area contributed by atoms with Crippen LogP contribution in [0.15, 0.2) is 18.2 Å². The Morgan fingerprint density at radius 2 is 1.75 bits per heavy atom. The van der Waals surface area contributed by atoms with Crippen LogP contribution >= 0.6 is 0 Å². The Hall–Kier alpha value is -2.97. The van der Waals surface area contributed by atoms with Gasteiger partial charge in [0, 0.05) is 19.6 Å². The lowest BCUT2D eigenvalue weighted by atomic mass is 10.1. The van der Waals surface area contributed by atoms with Crippen LogP contribution in [0.1, 0.15) is 31.2 Å². The molecule has 9 nitrogen and oxygen atoms in total. The fourth-order valence-corrected chi connectivity index (χ4v) is 4.10. The van der Waals surface area contributed by atoms with Crippen molar-refractivity contribution in [3.63, 3.8) is 0 Å². The first-order valence-electron chi connectivity index (χ1n) is 9.51. The average molecular weight is 389 g/mol. The first kappa shape index (κ1) is 18.4. The lowest BCUT2D eigenvalue weighted by molar-refractivity contribution is -0.141. The number of likely N-dealkylation sites (tertiary alicyclic amines) is 2. The van der Waals surface area contributed by atoms with Crippen LogP contribution in [0.3, 0.4) is 0 Å². The van der Waals surface area contributed by atoms with Crippen molar-refractivity contribution in [1.29, 1.82) is 0 Å². The lowest BCUT2D eigenvalue weighted by Crippen LogP contribution is -2.52. The van der Waals surface area contributed by atoms with Gasteiger partial charge in [-0.05, 0) is 43.4 Å². The largest absolute Gasteiger partial charge is 0.465 e. The summed E-state index contributed by atoms with van der Waals surface area (Å²) in [5, 5.41) is 12.2. The van der Waals surface area contributed by atoms with E-state index < -0.39 is 18.2 Å². The number of rotatable bonds is 4. The SMILES string of the molecule is O=C(NCc1ccc2c(c1)OCO2)C1CCCN1C(=O)C1CCCN1C(=O)O. The number of hydrogen-bond acceptors (Lipinski definition) is 5. The number of fused-ring (bicyclic) bond motifs is 1. The molecule has 0 bridgehead atoms. The number of ether oxygens (including phenoxy) is 2. The summed E-state index contributed by atoms with van der Waals surface area (Å²) in [5.41, 5.74) is 0.876. The van der Waals surface area contributed by atoms with Crippen LogP contribution in [0.2, 0.25) is 0 Å². The molecule has 0 aliphatic carbocycles. The van der Waals surface area contributed by atoms with E-state index in [9.17, 15) is 19.5 Å². The number of carbonyl (C=O) groups is 3. The van der Waals surface area contributed by atoms with Crippen molar-refractivity contribution in [3.05, 3.63) is 23.8 Å². The number of benzene rings is 1. The Balaban J connectivity index is 1.38. The first-order valence-corrected chi connectivity index (χ1v) is 9.51. The Morgan fingerprint density at radius 1 is 1.04 bits per heavy atom. The summed E-state index contributed by atoms with van der Waals surface area (Å²) in [4.78, 5) is 39.7. The molecule has 28 heavy (non-hydrogen) atoms. The highest BCUT2D eigenvalue weighted by Crippen LogP contribution is 2.32. The molecule has 0 aromatic heterocycles. The number of hydrogen-bond donors (Lipinski definition) is 2. The molecule has 3 aliphatic heterocycles. The smallest absolute Gasteiger partial charge is 0.407 e. The van der Waals surface area contributed by atoms with Crippen LogP contribution in [0.25, 0.3) is 0 Å². The molecule has 3 heterocycles. The Bertz CT molecular complexity index is 798. The van der Waals surface area contributed by atoms with Gasteiger partial charge in [-0.1, -0.05) is 6.07 Å². The average Bonchev–Trinajstić information content (AvgIpc) is 3.44. The lowest BCUT2D eigenvalue weighted by Gasteiger charge is -2.29. The summed E-state index contributed by atoms with van der Waals surface area (Å²) in [6.45, 7) is 1.35. The summed E-state index contributed by atoms with van der Waals surface area (Å²) in [5.74, 6) is 0.852. The minimum absolute atomic E-state index is 0.193. The number of nitrogens with one attached hydrogen (secondary N) is 1. The quantitative estimate of drug-likeness (QED) is 0.800. The Kier molecular flexibility index (Phi) is 4.97. The molecular weight excluding hydrogens is 366 g/mol. The van der Waals surface area contributed by atoms with Crippen LogP contribution in [-0.4, -0.2) is 64.8 Å². The van der Waals surface area contributed by atoms with E-state index in [0.29, 0.717) is 50.4 Å². The third-order valence-corrected chi connectivity index (χ3v) is 5.53. The van der Waals surface area contributed by atoms with Gasteiger partial charge in [0.05, 0.1) is 0 Å². The maximum atomic E-state index is 12.9. The van der Waals surface area contributed by atoms with Crippen molar-refractivity contribution in [2.75, 3.05) is 19.9 Å². The fourth-order valence-electron chi connectivity index (χ4n) is 4.10. The molecule has 0 spiro atoms. The fraction of sp³-hybridized carbons (Fsp3) is 0.526. The molecule has 4 rings (SSSR count). The zero-order valence-corrected chi connectivity index (χ0v) is 15.4. The molecule has 2 saturated heterocycles. The Labute approximate surface area is 162 Å². The van der Waals surface area contributed by atoms with Crippen molar-refractivity contribution >= 4 is 17.9 Å². The second kappa shape index (κ2) is 7.57. The molecular formula is C19H23N3O6. The highest BCUT2D eigenvalue weighted by atomic mass is 16.7. The van der Waals surface area contributed by atoms with E-state index in [1.165, 1.54) is 4.90 Å². The normalized spacial score (nSPS) is 23.1. The third-order valence-electron chi connectivity index (χ3n) is 5.53. The second-order valence-electron chi connectivity index (χ2n) is 7.23. The van der Waals surface area contributed by atoms with Crippen molar-refractivity contribution in [1.82, 2.24) is 15.1 Å². The van der Waals surface area contributed by atoms with Gasteiger partial charge in [-0.3, -0.25) is 14.5 Å². The zero-order valence-electron chi connectivity index (χ0n) is 15.4. The van der Waals surface area contributed by atoms with E-state index in [1.807, 2.05) is 12.1 Å². The van der Waals surface area contributed by atoms with Gasteiger partial charge in [0.1, 0.15) is 12.1 Å². The topological polar surface area (TPSA) is 108 Å². The van der Waals surface area contributed by atoms with Gasteiger partial charge in [0.25, 0.3) is 0 Å². The third kappa shape index (κ3) is 3.44. The van der Waals surface area contributed by atoms with Crippen LogP contribution < -0.4 is 14.8 Å². The first-order chi connectivity index (χ1) is 13.5. The van der Waals surface area contributed by atoms with Gasteiger partial charge in [0.2, 0.25) is 18.6 Å². The van der Waals surface area contributed by atoms with Crippen molar-refractivity contribution in [3.8, 4) is 11.5 Å². The minimum Gasteiger partial charge on any atom is -0.465 e. The molecule has 2 unspecified atom stereocenters. The monoisotopic (exact) mass is 389 g/mol. The van der Waals surface area contributed by atoms with Gasteiger partial charge in [-0.2, -0.15) is 0 Å². The summed E-state index contributed by atoms with van der Waals surface area (Å²) < 4.78 is 10.6. The minimum atomic E-state index is -1.08. The summed E-state index contributed by atoms with van der Waals surface area (Å²) in [7, 11) is 0. The number of carbonyl (C=O) groups excluding carboxylic acids is 2. The summed E-state index contributed by atoms with van der Waals surface area (Å²) in [6.07, 6.45) is 1.40. The molecule has 2 fully saturated rings. The Morgan fingerprint density at radius 3 is 2.54 bits per heavy atom. The van der Waals surface area contributed by atoms with Gasteiger partial charge in [0.15, 0.2) is 11.5 Å². The van der Waals surface area contributed by atoms with Crippen LogP contribution in [-0.2, 0) is 16.1 Å². The van der Waals surface area contributed by atoms with Crippen LogP contribution in [0.5, 0.6) is 11.5 Å². The van der Waals surface area contributed by atoms with Crippen molar-refractivity contribution in [2.24, 2.45) is 0 Å². The van der Waals surface area contributed by atoms with E-state index >= 15 is 0 Å². The summed E-state index contributed by atoms with van der Waals surface area (Å²) in [6, 6.07) is 4.24. The second-order valence-corrected chi connectivity index (χ2v) is 7.23. The molecule has 9 heteroatoms. The van der Waals surface area contributed by atoms with Crippen molar-refractivity contribution in [2.45, 2.75) is 44.3 Å². The van der Waals surface area contributed by atoms with E-state index in [0.717, 1.165) is 12.0 Å². The predicted octanol–water partition coefficient (Wildman–Crippen LogP) is 1.16. The molecule has 0 radical (unpaired) electrons. The van der Waals surface area contributed by atoms with Crippen LogP contribution in [0.4, 0.5) is 4.79 Å². The molecule has 2 atom stereocenters. The van der Waals surface area contributed by atoms with E-state index in [-0.39, 0.29) is 18.6 Å². The highest BCUT2D eigenvalue weighted by molar-refractivity contribution is 5.92. The van der Waals surface area contributed by atoms with Gasteiger partial charge < -0.3 is 24.8 Å². The van der Waals surface area contributed by atoms with E-state index in [4.69, 9.17) is 9.47 Å². The molecule has 1 aromatic rings. The molecule has 0 saturated carbocycles. The van der Waals surface area contributed by atoms with Crippen LogP contribution in [0, 0.1) is 0 Å². The molecule has 2 N–H and O–H groups in total. The van der Waals surface area contributed by atoms with Gasteiger partial charge in [-0.15, -0.1) is 0 Å². The van der Waals surface area contributed by atoms with Gasteiger partial charge >= 0.3 is 6.09 Å². The molecule has 1 aromatic carbocycles. The van der Waals surface area contributed by atoms with Gasteiger partial charge in [-0.25, -0.2) is 4.79 Å². The van der Waals surface area contributed by atoms with E-state index in [1.54, 1.807) is 11.0 Å². The number of nitrogens with zero attached hydrogens (tertiary/aromatic N) is 2. The maximum absolute atomic E-state index is 12.9. The standard InChI is InChI=1S/C19H23N3O6/c23-17(20-10-12-5-6-15-16(9-12)28-11-27-15)13-3-1-7-21(13)18(24)14-4-2-8-22(14)19(25)26/h5-6,9,13-14H,1-4,7-8,10-11H2,(H,20,23)(H,25,26). The highest BCUT2D eigenvalue weighted by Gasteiger charge is 2.42. The number of amides is 3. The molecule has 3 aliphatic rings. The van der Waals surface area contributed by atoms with Crippen molar-refractivity contribution < 1.29 is 29.0 Å². The number of carboxylic acid groups (broad SMARTS) is 1. The summed E-state index contributed by atoms with van der Waals surface area (Å²) >= 11 is 0. The molecule has 150 valence electrons.